The second-order valence-corrected chi connectivity index (χ2v) is 3.90. The number of nitrogens with zero attached hydrogens (tertiary/aromatic N) is 2. The lowest BCUT2D eigenvalue weighted by Gasteiger charge is -2.11. The molecule has 1 rings (SSSR count). The standard InChI is InChI=1S/C11H17FN4/c1-16(2)7-9-4-3-8(5-10(9)12)6-15-11(13)14/h3-5H,6-7H2,1-2H3,(H4,13,14,15). The number of guanidine groups is 1. The van der Waals surface area contributed by atoms with Crippen molar-refractivity contribution in [2.75, 3.05) is 14.1 Å². The second kappa shape index (κ2) is 5.46. The zero-order chi connectivity index (χ0) is 12.1. The summed E-state index contributed by atoms with van der Waals surface area (Å²) in [4.78, 5) is 5.73. The fraction of sp³-hybridized carbons (Fsp3) is 0.364. The van der Waals surface area contributed by atoms with Crippen LogP contribution >= 0.6 is 0 Å². The van der Waals surface area contributed by atoms with E-state index in [4.69, 9.17) is 11.5 Å². The molecule has 4 nitrogen and oxygen atoms in total. The molecule has 0 aliphatic rings. The Bertz CT molecular complexity index is 384. The molecule has 0 radical (unpaired) electrons. The minimum Gasteiger partial charge on any atom is -0.370 e. The SMILES string of the molecule is CN(C)Cc1ccc(CN=C(N)N)cc1F. The summed E-state index contributed by atoms with van der Waals surface area (Å²) in [5, 5.41) is 0. The van der Waals surface area contributed by atoms with Crippen molar-refractivity contribution in [3.05, 3.63) is 35.1 Å². The fourth-order valence-electron chi connectivity index (χ4n) is 1.34. The summed E-state index contributed by atoms with van der Waals surface area (Å²) in [6, 6.07) is 5.05. The molecule has 0 unspecified atom stereocenters. The molecule has 0 saturated carbocycles. The zero-order valence-electron chi connectivity index (χ0n) is 9.57. The first-order valence-corrected chi connectivity index (χ1v) is 4.96. The highest BCUT2D eigenvalue weighted by atomic mass is 19.1. The van der Waals surface area contributed by atoms with Crippen LogP contribution in [0.3, 0.4) is 0 Å². The monoisotopic (exact) mass is 224 g/mol. The van der Waals surface area contributed by atoms with Crippen LogP contribution in [0.5, 0.6) is 0 Å². The van der Waals surface area contributed by atoms with Gasteiger partial charge in [-0.1, -0.05) is 12.1 Å². The van der Waals surface area contributed by atoms with E-state index < -0.39 is 0 Å². The van der Waals surface area contributed by atoms with Crippen molar-refractivity contribution in [2.24, 2.45) is 16.5 Å². The van der Waals surface area contributed by atoms with Gasteiger partial charge in [0.25, 0.3) is 0 Å². The molecule has 0 bridgehead atoms. The molecule has 5 heteroatoms. The molecular weight excluding hydrogens is 207 g/mol. The summed E-state index contributed by atoms with van der Waals surface area (Å²) >= 11 is 0. The number of rotatable bonds is 4. The zero-order valence-corrected chi connectivity index (χ0v) is 9.57. The molecule has 0 atom stereocenters. The lowest BCUT2D eigenvalue weighted by Crippen LogP contribution is -2.22. The van der Waals surface area contributed by atoms with E-state index in [9.17, 15) is 4.39 Å². The lowest BCUT2D eigenvalue weighted by molar-refractivity contribution is 0.392. The molecule has 88 valence electrons. The number of aliphatic imine (C=N–C) groups is 1. The van der Waals surface area contributed by atoms with Crippen LogP contribution < -0.4 is 11.5 Å². The number of hydrogen-bond donors (Lipinski definition) is 2. The molecule has 0 spiro atoms. The smallest absolute Gasteiger partial charge is 0.186 e. The second-order valence-electron chi connectivity index (χ2n) is 3.90. The van der Waals surface area contributed by atoms with Gasteiger partial charge in [0.15, 0.2) is 5.96 Å². The fourth-order valence-corrected chi connectivity index (χ4v) is 1.34. The topological polar surface area (TPSA) is 67.6 Å². The van der Waals surface area contributed by atoms with Gasteiger partial charge in [-0.25, -0.2) is 9.38 Å². The van der Waals surface area contributed by atoms with Gasteiger partial charge < -0.3 is 16.4 Å². The van der Waals surface area contributed by atoms with Gasteiger partial charge in [0.2, 0.25) is 0 Å². The highest BCUT2D eigenvalue weighted by molar-refractivity contribution is 5.75. The normalized spacial score (nSPS) is 10.5. The molecule has 1 aromatic carbocycles. The van der Waals surface area contributed by atoms with E-state index in [1.54, 1.807) is 6.07 Å². The third-order valence-electron chi connectivity index (χ3n) is 2.05. The van der Waals surface area contributed by atoms with Crippen LogP contribution in [-0.2, 0) is 13.1 Å². The van der Waals surface area contributed by atoms with Crippen LogP contribution in [0.15, 0.2) is 23.2 Å². The highest BCUT2D eigenvalue weighted by Gasteiger charge is 2.04. The molecule has 0 saturated heterocycles. The first kappa shape index (κ1) is 12.4. The molecule has 0 heterocycles. The van der Waals surface area contributed by atoms with Crippen molar-refractivity contribution in [2.45, 2.75) is 13.1 Å². The summed E-state index contributed by atoms with van der Waals surface area (Å²) in [6.45, 7) is 0.885. The molecule has 1 aromatic rings. The van der Waals surface area contributed by atoms with Gasteiger partial charge in [-0.05, 0) is 25.7 Å². The molecule has 0 amide bonds. The number of benzene rings is 1. The summed E-state index contributed by atoms with van der Waals surface area (Å²) < 4.78 is 13.6. The average molecular weight is 224 g/mol. The van der Waals surface area contributed by atoms with Crippen LogP contribution in [0.2, 0.25) is 0 Å². The molecule has 16 heavy (non-hydrogen) atoms. The van der Waals surface area contributed by atoms with Crippen molar-refractivity contribution >= 4 is 5.96 Å². The third kappa shape index (κ3) is 3.86. The van der Waals surface area contributed by atoms with Gasteiger partial charge in [-0.15, -0.1) is 0 Å². The van der Waals surface area contributed by atoms with E-state index in [1.165, 1.54) is 6.07 Å². The predicted octanol–water partition coefficient (Wildman–Crippen LogP) is 0.661. The van der Waals surface area contributed by atoms with Gasteiger partial charge in [0.1, 0.15) is 5.82 Å². The van der Waals surface area contributed by atoms with Crippen LogP contribution in [0, 0.1) is 5.82 Å². The molecule has 0 fully saturated rings. The molecule has 0 aromatic heterocycles. The van der Waals surface area contributed by atoms with Crippen LogP contribution in [0.1, 0.15) is 11.1 Å². The van der Waals surface area contributed by atoms with Crippen molar-refractivity contribution in [1.82, 2.24) is 4.90 Å². The van der Waals surface area contributed by atoms with E-state index in [2.05, 4.69) is 4.99 Å². The Morgan fingerprint density at radius 3 is 2.56 bits per heavy atom. The van der Waals surface area contributed by atoms with E-state index >= 15 is 0 Å². The predicted molar refractivity (Wildman–Crippen MR) is 63.3 cm³/mol. The highest BCUT2D eigenvalue weighted by Crippen LogP contribution is 2.12. The molecule has 0 aliphatic heterocycles. The largest absolute Gasteiger partial charge is 0.370 e. The first-order chi connectivity index (χ1) is 7.49. The van der Waals surface area contributed by atoms with E-state index in [0.29, 0.717) is 18.7 Å². The minimum absolute atomic E-state index is 0.0118. The summed E-state index contributed by atoms with van der Waals surface area (Å²) in [7, 11) is 3.79. The van der Waals surface area contributed by atoms with E-state index in [1.807, 2.05) is 25.1 Å². The maximum absolute atomic E-state index is 13.6. The van der Waals surface area contributed by atoms with Gasteiger partial charge in [0.05, 0.1) is 6.54 Å². The summed E-state index contributed by atoms with van der Waals surface area (Å²) in [6.07, 6.45) is 0. The van der Waals surface area contributed by atoms with E-state index in [-0.39, 0.29) is 11.8 Å². The van der Waals surface area contributed by atoms with Gasteiger partial charge in [-0.2, -0.15) is 0 Å². The van der Waals surface area contributed by atoms with Gasteiger partial charge >= 0.3 is 0 Å². The minimum atomic E-state index is -0.225. The number of hydrogen-bond acceptors (Lipinski definition) is 2. The average Bonchev–Trinajstić information content (AvgIpc) is 2.18. The maximum Gasteiger partial charge on any atom is 0.186 e. The van der Waals surface area contributed by atoms with E-state index in [0.717, 1.165) is 5.56 Å². The molecule has 0 aliphatic carbocycles. The van der Waals surface area contributed by atoms with Crippen molar-refractivity contribution in [3.8, 4) is 0 Å². The summed E-state index contributed by atoms with van der Waals surface area (Å²) in [5.41, 5.74) is 11.8. The Balaban J connectivity index is 2.78. The van der Waals surface area contributed by atoms with Gasteiger partial charge in [-0.3, -0.25) is 0 Å². The van der Waals surface area contributed by atoms with Crippen molar-refractivity contribution in [1.29, 1.82) is 0 Å². The Kier molecular flexibility index (Phi) is 4.25. The third-order valence-corrected chi connectivity index (χ3v) is 2.05. The van der Waals surface area contributed by atoms with Crippen LogP contribution in [0.4, 0.5) is 4.39 Å². The quantitative estimate of drug-likeness (QED) is 0.583. The van der Waals surface area contributed by atoms with Crippen LogP contribution in [0.25, 0.3) is 0 Å². The van der Waals surface area contributed by atoms with Crippen LogP contribution in [-0.4, -0.2) is 25.0 Å². The van der Waals surface area contributed by atoms with Crippen molar-refractivity contribution < 1.29 is 4.39 Å². The maximum atomic E-state index is 13.6. The van der Waals surface area contributed by atoms with Gasteiger partial charge in [0, 0.05) is 12.1 Å². The Morgan fingerprint density at radius 1 is 1.38 bits per heavy atom. The number of halogens is 1. The Hall–Kier alpha value is -1.62. The Labute approximate surface area is 94.8 Å². The number of nitrogens with two attached hydrogens (primary N) is 2. The van der Waals surface area contributed by atoms with Crippen molar-refractivity contribution in [3.63, 3.8) is 0 Å². The molecular formula is C11H17FN4. The first-order valence-electron chi connectivity index (χ1n) is 4.96. The molecule has 4 N–H and O–H groups in total. The lowest BCUT2D eigenvalue weighted by atomic mass is 10.1. The summed E-state index contributed by atoms with van der Waals surface area (Å²) in [5.74, 6) is -0.213. The Morgan fingerprint density at radius 2 is 2.06 bits per heavy atom.